The normalized spacial score (nSPS) is 15.1. The van der Waals surface area contributed by atoms with Crippen molar-refractivity contribution in [1.82, 2.24) is 9.78 Å². The molecule has 2 N–H and O–H groups in total. The fraction of sp³-hybridized carbons (Fsp3) is 0.355. The van der Waals surface area contributed by atoms with Gasteiger partial charge >= 0.3 is 6.03 Å². The van der Waals surface area contributed by atoms with Gasteiger partial charge < -0.3 is 19.9 Å². The number of rotatable bonds is 7. The summed E-state index contributed by atoms with van der Waals surface area (Å²) in [7, 11) is 0. The van der Waals surface area contributed by atoms with Crippen molar-refractivity contribution in [2.45, 2.75) is 33.1 Å². The first kappa shape index (κ1) is 28.0. The number of nitrogens with zero attached hydrogens (tertiary/aromatic N) is 3. The zero-order chi connectivity index (χ0) is 28.3. The number of hydrogen-bond acceptors (Lipinski definition) is 5. The first-order valence-corrected chi connectivity index (χ1v) is 14.8. The van der Waals surface area contributed by atoms with Gasteiger partial charge in [-0.15, -0.1) is 0 Å². The van der Waals surface area contributed by atoms with Crippen LogP contribution in [0.5, 0.6) is 5.75 Å². The predicted molar refractivity (Wildman–Crippen MR) is 165 cm³/mol. The molecule has 40 heavy (non-hydrogen) atoms. The van der Waals surface area contributed by atoms with Gasteiger partial charge in [-0.3, -0.25) is 5.32 Å². The fourth-order valence-electron chi connectivity index (χ4n) is 4.72. The Labute approximate surface area is 239 Å². The summed E-state index contributed by atoms with van der Waals surface area (Å²) >= 11 is 1.84. The highest BCUT2D eigenvalue weighted by Gasteiger charge is 2.23. The van der Waals surface area contributed by atoms with Crippen LogP contribution in [0, 0.1) is 12.1 Å². The molecular formula is C31H37N5O3S. The molecule has 1 aromatic heterocycles. The molecule has 0 aliphatic carbocycles. The lowest BCUT2D eigenvalue weighted by Crippen LogP contribution is -2.50. The molecule has 5 rings (SSSR count). The summed E-state index contributed by atoms with van der Waals surface area (Å²) in [5.74, 6) is 3.09. The third-order valence-electron chi connectivity index (χ3n) is 7.17. The third-order valence-corrected chi connectivity index (χ3v) is 8.12. The summed E-state index contributed by atoms with van der Waals surface area (Å²) in [6.07, 6.45) is 0. The number of quaternary nitrogens is 1. The third kappa shape index (κ3) is 6.43. The standard InChI is InChI=1S/C31H37N5O3S/c1-22-9-11-23(12-10-22)35-29(21-28(34-35)31(2,3)4)33-30(37)32-26-13-14-27(25-8-6-5-7-24(25)26)39-18-15-36(38)16-19-40-20-17-36/h5-14,21H,15-20H2,1-4H3,(H2,32,33,37). The molecule has 0 atom stereocenters. The number of benzene rings is 3. The molecule has 1 saturated heterocycles. The van der Waals surface area contributed by atoms with Crippen molar-refractivity contribution in [2.75, 3.05) is 48.4 Å². The number of aromatic nitrogens is 2. The summed E-state index contributed by atoms with van der Waals surface area (Å²) in [5, 5.41) is 25.4. The topological polar surface area (TPSA) is 91.2 Å². The van der Waals surface area contributed by atoms with E-state index in [1.54, 1.807) is 4.68 Å². The monoisotopic (exact) mass is 559 g/mol. The summed E-state index contributed by atoms with van der Waals surface area (Å²) in [4.78, 5) is 13.3. The number of nitrogens with one attached hydrogen (secondary N) is 2. The summed E-state index contributed by atoms with van der Waals surface area (Å²) in [6.45, 7) is 10.4. The second-order valence-electron chi connectivity index (χ2n) is 11.3. The van der Waals surface area contributed by atoms with Crippen LogP contribution in [0.2, 0.25) is 0 Å². The number of ether oxygens (including phenoxy) is 1. The lowest BCUT2D eigenvalue weighted by molar-refractivity contribution is -0.876. The quantitative estimate of drug-likeness (QED) is 0.194. The molecule has 8 nitrogen and oxygen atoms in total. The van der Waals surface area contributed by atoms with Gasteiger partial charge in [0, 0.05) is 33.8 Å². The van der Waals surface area contributed by atoms with E-state index in [0.717, 1.165) is 39.2 Å². The molecule has 0 bridgehead atoms. The van der Waals surface area contributed by atoms with Crippen LogP contribution >= 0.6 is 11.8 Å². The van der Waals surface area contributed by atoms with E-state index in [2.05, 4.69) is 31.4 Å². The van der Waals surface area contributed by atoms with Gasteiger partial charge in [0.2, 0.25) is 0 Å². The summed E-state index contributed by atoms with van der Waals surface area (Å²) < 4.78 is 7.66. The zero-order valence-corrected chi connectivity index (χ0v) is 24.4. The average molecular weight is 560 g/mol. The van der Waals surface area contributed by atoms with Gasteiger partial charge in [-0.25, -0.2) is 9.48 Å². The maximum absolute atomic E-state index is 13.3. The Balaban J connectivity index is 1.34. The second kappa shape index (κ2) is 11.5. The molecule has 3 aromatic carbocycles. The summed E-state index contributed by atoms with van der Waals surface area (Å²) in [5.41, 5.74) is 3.38. The minimum atomic E-state index is -0.367. The molecule has 210 valence electrons. The lowest BCUT2D eigenvalue weighted by atomic mass is 9.92. The molecule has 0 spiro atoms. The van der Waals surface area contributed by atoms with Crippen LogP contribution in [0.15, 0.2) is 66.7 Å². The predicted octanol–water partition coefficient (Wildman–Crippen LogP) is 6.72. The molecule has 2 heterocycles. The molecule has 0 unspecified atom stereocenters. The molecule has 0 saturated carbocycles. The van der Waals surface area contributed by atoms with E-state index < -0.39 is 0 Å². The van der Waals surface area contributed by atoms with Crippen molar-refractivity contribution in [2.24, 2.45) is 0 Å². The number of hydrogen-bond donors (Lipinski definition) is 2. The van der Waals surface area contributed by atoms with Gasteiger partial charge in [-0.2, -0.15) is 16.9 Å². The molecule has 1 aliphatic rings. The Morgan fingerprint density at radius 3 is 2.42 bits per heavy atom. The van der Waals surface area contributed by atoms with E-state index >= 15 is 0 Å². The van der Waals surface area contributed by atoms with Crippen LogP contribution in [0.1, 0.15) is 32.0 Å². The Morgan fingerprint density at radius 1 is 1.02 bits per heavy atom. The van der Waals surface area contributed by atoms with Gasteiger partial charge in [-0.05, 0) is 31.2 Å². The number of urea groups is 1. The van der Waals surface area contributed by atoms with Crippen LogP contribution in [0.3, 0.4) is 0 Å². The van der Waals surface area contributed by atoms with Crippen molar-refractivity contribution >= 4 is 40.1 Å². The lowest BCUT2D eigenvalue weighted by Gasteiger charge is -2.44. The van der Waals surface area contributed by atoms with Crippen molar-refractivity contribution in [3.63, 3.8) is 0 Å². The van der Waals surface area contributed by atoms with Crippen molar-refractivity contribution < 1.29 is 14.2 Å². The van der Waals surface area contributed by atoms with Crippen LogP contribution < -0.4 is 15.4 Å². The summed E-state index contributed by atoms with van der Waals surface area (Å²) in [6, 6.07) is 21.1. The van der Waals surface area contributed by atoms with Crippen molar-refractivity contribution in [3.05, 3.63) is 83.2 Å². The van der Waals surface area contributed by atoms with E-state index in [0.29, 0.717) is 43.5 Å². The number of aryl methyl sites for hydroxylation is 1. The number of carbonyl (C=O) groups excluding carboxylic acids is 1. The van der Waals surface area contributed by atoms with Crippen molar-refractivity contribution in [3.8, 4) is 11.4 Å². The smallest absolute Gasteiger partial charge is 0.324 e. The molecule has 2 amide bonds. The maximum Gasteiger partial charge on any atom is 0.324 e. The highest BCUT2D eigenvalue weighted by molar-refractivity contribution is 7.99. The second-order valence-corrected chi connectivity index (χ2v) is 12.6. The highest BCUT2D eigenvalue weighted by atomic mass is 32.2. The number of hydroxylamine groups is 3. The van der Waals surface area contributed by atoms with Gasteiger partial charge in [0.15, 0.2) is 0 Å². The Morgan fingerprint density at radius 2 is 1.73 bits per heavy atom. The van der Waals surface area contributed by atoms with E-state index in [9.17, 15) is 10.0 Å². The van der Waals surface area contributed by atoms with Gasteiger partial charge in [-0.1, -0.05) is 62.7 Å². The minimum Gasteiger partial charge on any atom is -0.633 e. The molecule has 0 radical (unpaired) electrons. The van der Waals surface area contributed by atoms with E-state index in [1.807, 2.05) is 85.4 Å². The first-order valence-electron chi connectivity index (χ1n) is 13.7. The largest absolute Gasteiger partial charge is 0.633 e. The molecule has 4 aromatic rings. The van der Waals surface area contributed by atoms with E-state index in [-0.39, 0.29) is 16.1 Å². The Kier molecular flexibility index (Phi) is 8.07. The van der Waals surface area contributed by atoms with E-state index in [4.69, 9.17) is 9.84 Å². The van der Waals surface area contributed by atoms with E-state index in [1.165, 1.54) is 0 Å². The number of anilines is 2. The van der Waals surface area contributed by atoms with Crippen LogP contribution in [0.4, 0.5) is 16.3 Å². The number of amides is 2. The van der Waals surface area contributed by atoms with Gasteiger partial charge in [0.25, 0.3) is 0 Å². The molecular weight excluding hydrogens is 522 g/mol. The highest BCUT2D eigenvalue weighted by Crippen LogP contribution is 2.32. The zero-order valence-electron chi connectivity index (χ0n) is 23.6. The van der Waals surface area contributed by atoms with Gasteiger partial charge in [0.05, 0.1) is 30.2 Å². The Bertz CT molecular complexity index is 1490. The number of carbonyl (C=O) groups is 1. The fourth-order valence-corrected chi connectivity index (χ4v) is 5.84. The van der Waals surface area contributed by atoms with Gasteiger partial charge in [0.1, 0.15) is 24.7 Å². The maximum atomic E-state index is 13.3. The van der Waals surface area contributed by atoms with Crippen LogP contribution in [-0.2, 0) is 5.41 Å². The molecule has 9 heteroatoms. The average Bonchev–Trinajstić information content (AvgIpc) is 3.35. The first-order chi connectivity index (χ1) is 19.1. The minimum absolute atomic E-state index is 0.185. The molecule has 1 aliphatic heterocycles. The SMILES string of the molecule is Cc1ccc(-n2nc(C(C)(C)C)cc2NC(=O)Nc2ccc(OCC[N+]3([O-])CCSCC3)c3ccccc23)cc1. The van der Waals surface area contributed by atoms with Crippen molar-refractivity contribution in [1.29, 1.82) is 0 Å². The molecule has 1 fully saturated rings. The van der Waals surface area contributed by atoms with Crippen LogP contribution in [0.25, 0.3) is 16.5 Å². The number of thioether (sulfide) groups is 1. The Hall–Kier alpha value is -3.53. The number of fused-ring (bicyclic) bond motifs is 1. The van der Waals surface area contributed by atoms with Crippen LogP contribution in [-0.4, -0.2) is 58.2 Å².